The summed E-state index contributed by atoms with van der Waals surface area (Å²) in [4.78, 5) is 14.9. The van der Waals surface area contributed by atoms with Gasteiger partial charge in [0.25, 0.3) is 0 Å². The quantitative estimate of drug-likeness (QED) is 0.635. The van der Waals surface area contributed by atoms with Gasteiger partial charge in [-0.15, -0.1) is 0 Å². The summed E-state index contributed by atoms with van der Waals surface area (Å²) in [5, 5.41) is 0. The lowest BCUT2D eigenvalue weighted by atomic mass is 9.82. The normalized spacial score (nSPS) is 28.4. The predicted molar refractivity (Wildman–Crippen MR) is 114 cm³/mol. The molecule has 0 saturated carbocycles. The lowest BCUT2D eigenvalue weighted by molar-refractivity contribution is 0.216. The minimum absolute atomic E-state index is 0.153. The summed E-state index contributed by atoms with van der Waals surface area (Å²) in [5.41, 5.74) is 5.00. The molecular formula is C23H31FN4. The molecule has 3 atom stereocenters. The molecule has 0 aliphatic carbocycles. The highest BCUT2D eigenvalue weighted by molar-refractivity contribution is 6.42. The van der Waals surface area contributed by atoms with Crippen LogP contribution < -0.4 is 0 Å². The van der Waals surface area contributed by atoms with Crippen molar-refractivity contribution in [1.82, 2.24) is 9.80 Å². The summed E-state index contributed by atoms with van der Waals surface area (Å²) in [6.07, 6.45) is 3.27. The maximum absolute atomic E-state index is 14.4. The second-order valence-electron chi connectivity index (χ2n) is 8.71. The van der Waals surface area contributed by atoms with Crippen LogP contribution in [0.15, 0.2) is 33.8 Å². The lowest BCUT2D eigenvalue weighted by Gasteiger charge is -2.37. The van der Waals surface area contributed by atoms with E-state index in [1.165, 1.54) is 5.57 Å². The molecule has 3 unspecified atom stereocenters. The molecular weight excluding hydrogens is 351 g/mol. The molecule has 3 aliphatic heterocycles. The van der Waals surface area contributed by atoms with E-state index >= 15 is 0 Å². The second-order valence-corrected chi connectivity index (χ2v) is 8.71. The van der Waals surface area contributed by atoms with Crippen molar-refractivity contribution in [2.45, 2.75) is 40.2 Å². The molecule has 0 aromatic heterocycles. The Kier molecular flexibility index (Phi) is 5.13. The van der Waals surface area contributed by atoms with Gasteiger partial charge in [0.1, 0.15) is 5.82 Å². The summed E-state index contributed by atoms with van der Waals surface area (Å²) >= 11 is 0. The predicted octanol–water partition coefficient (Wildman–Crippen LogP) is 4.01. The number of piperazine rings is 1. The molecule has 2 bridgehead atoms. The van der Waals surface area contributed by atoms with Gasteiger partial charge in [0, 0.05) is 38.2 Å². The molecule has 28 heavy (non-hydrogen) atoms. The van der Waals surface area contributed by atoms with E-state index in [1.807, 2.05) is 13.0 Å². The minimum Gasteiger partial charge on any atom is -0.353 e. The van der Waals surface area contributed by atoms with Crippen molar-refractivity contribution in [3.05, 3.63) is 40.7 Å². The summed E-state index contributed by atoms with van der Waals surface area (Å²) in [6.45, 7) is 12.3. The zero-order valence-electron chi connectivity index (χ0n) is 17.7. The van der Waals surface area contributed by atoms with Crippen molar-refractivity contribution in [2.24, 2.45) is 21.8 Å². The van der Waals surface area contributed by atoms with Crippen LogP contribution in [0.4, 0.5) is 10.1 Å². The monoisotopic (exact) mass is 382 g/mol. The largest absolute Gasteiger partial charge is 0.353 e. The smallest absolute Gasteiger partial charge is 0.150 e. The van der Waals surface area contributed by atoms with E-state index in [2.05, 4.69) is 43.7 Å². The van der Waals surface area contributed by atoms with Gasteiger partial charge in [-0.25, -0.2) is 9.38 Å². The highest BCUT2D eigenvalue weighted by Crippen LogP contribution is 2.35. The Morgan fingerprint density at radius 3 is 2.50 bits per heavy atom. The SMILES string of the molecule is CC1=CC2Cc3cc(C)c(F)cc3N=C(N3CCN(C)CC3)C(=NC1C)C2C. The Bertz CT molecular complexity index is 862. The van der Waals surface area contributed by atoms with Crippen LogP contribution in [0.2, 0.25) is 0 Å². The van der Waals surface area contributed by atoms with Gasteiger partial charge >= 0.3 is 0 Å². The van der Waals surface area contributed by atoms with Crippen molar-refractivity contribution < 1.29 is 4.39 Å². The molecule has 0 spiro atoms. The van der Waals surface area contributed by atoms with E-state index in [9.17, 15) is 4.39 Å². The van der Waals surface area contributed by atoms with Gasteiger partial charge < -0.3 is 9.80 Å². The fourth-order valence-corrected chi connectivity index (χ4v) is 4.42. The van der Waals surface area contributed by atoms with Crippen molar-refractivity contribution in [3.63, 3.8) is 0 Å². The first kappa shape index (κ1) is 19.3. The van der Waals surface area contributed by atoms with Crippen molar-refractivity contribution in [2.75, 3.05) is 33.2 Å². The van der Waals surface area contributed by atoms with Crippen LogP contribution in [0, 0.1) is 24.6 Å². The molecule has 1 aromatic rings. The van der Waals surface area contributed by atoms with Gasteiger partial charge in [0.15, 0.2) is 5.84 Å². The molecule has 1 aromatic carbocycles. The zero-order valence-corrected chi connectivity index (χ0v) is 17.7. The van der Waals surface area contributed by atoms with E-state index in [1.54, 1.807) is 6.07 Å². The van der Waals surface area contributed by atoms with Crippen molar-refractivity contribution in [3.8, 4) is 0 Å². The number of benzene rings is 1. The number of nitrogens with zero attached hydrogens (tertiary/aromatic N) is 4. The number of aryl methyl sites for hydroxylation is 1. The van der Waals surface area contributed by atoms with E-state index in [0.29, 0.717) is 11.5 Å². The number of hydrogen-bond donors (Lipinski definition) is 0. The Morgan fingerprint density at radius 2 is 1.79 bits per heavy atom. The van der Waals surface area contributed by atoms with Gasteiger partial charge in [-0.3, -0.25) is 4.99 Å². The number of hydrogen-bond acceptors (Lipinski definition) is 4. The number of likely N-dealkylation sites (N-methyl/N-ethyl adjacent to an activating group) is 1. The number of amidine groups is 1. The van der Waals surface area contributed by atoms with Gasteiger partial charge in [0.05, 0.1) is 17.4 Å². The van der Waals surface area contributed by atoms with E-state index in [4.69, 9.17) is 9.98 Å². The number of aliphatic imine (C=N–C) groups is 2. The first-order valence-electron chi connectivity index (χ1n) is 10.4. The third-order valence-electron chi connectivity index (χ3n) is 6.62. The van der Waals surface area contributed by atoms with Crippen molar-refractivity contribution in [1.29, 1.82) is 0 Å². The first-order valence-corrected chi connectivity index (χ1v) is 10.4. The minimum atomic E-state index is -0.182. The average Bonchev–Trinajstić information content (AvgIpc) is 2.76. The van der Waals surface area contributed by atoms with E-state index in [-0.39, 0.29) is 17.8 Å². The van der Waals surface area contributed by atoms with Gasteiger partial charge in [0.2, 0.25) is 0 Å². The second kappa shape index (κ2) is 7.43. The number of halogens is 1. The molecule has 0 amide bonds. The van der Waals surface area contributed by atoms with Crippen LogP contribution in [0.1, 0.15) is 31.9 Å². The zero-order chi connectivity index (χ0) is 20.0. The molecule has 0 N–H and O–H groups in total. The Labute approximate surface area is 167 Å². The number of rotatable bonds is 0. The van der Waals surface area contributed by atoms with Gasteiger partial charge in [-0.1, -0.05) is 24.6 Å². The van der Waals surface area contributed by atoms with Crippen LogP contribution in [0.3, 0.4) is 0 Å². The van der Waals surface area contributed by atoms with E-state index < -0.39 is 0 Å². The average molecular weight is 383 g/mol. The third kappa shape index (κ3) is 3.52. The van der Waals surface area contributed by atoms with Crippen LogP contribution in [0.25, 0.3) is 0 Å². The summed E-state index contributed by atoms with van der Waals surface area (Å²) < 4.78 is 14.4. The molecule has 4 nitrogen and oxygen atoms in total. The standard InChI is InChI=1S/C23H31FN4/c1-14-10-18-12-19-11-15(2)20(24)13-21(19)26-23(22(16(18)3)25-17(14)4)28-8-6-27(5)7-9-28/h10-11,13,16-18H,6-9,12H2,1-5H3. The van der Waals surface area contributed by atoms with Crippen LogP contribution in [0.5, 0.6) is 0 Å². The molecule has 3 heterocycles. The molecule has 4 rings (SSSR count). The topological polar surface area (TPSA) is 31.2 Å². The maximum atomic E-state index is 14.4. The summed E-state index contributed by atoms with van der Waals surface area (Å²) in [5.74, 6) is 1.41. The molecule has 1 fully saturated rings. The Balaban J connectivity index is 1.89. The van der Waals surface area contributed by atoms with Gasteiger partial charge in [-0.2, -0.15) is 0 Å². The third-order valence-corrected chi connectivity index (χ3v) is 6.62. The Hall–Kier alpha value is -2.01. The fraction of sp³-hybridized carbons (Fsp3) is 0.565. The molecule has 5 heteroatoms. The number of allylic oxidation sites excluding steroid dienone is 1. The van der Waals surface area contributed by atoms with Crippen LogP contribution >= 0.6 is 0 Å². The molecule has 0 radical (unpaired) electrons. The van der Waals surface area contributed by atoms with E-state index in [0.717, 1.165) is 55.4 Å². The number of fused-ring (bicyclic) bond motifs is 3. The maximum Gasteiger partial charge on any atom is 0.150 e. The Morgan fingerprint density at radius 1 is 1.07 bits per heavy atom. The molecule has 1 saturated heterocycles. The lowest BCUT2D eigenvalue weighted by Crippen LogP contribution is -2.51. The summed E-state index contributed by atoms with van der Waals surface area (Å²) in [6, 6.07) is 3.76. The molecule has 150 valence electrons. The van der Waals surface area contributed by atoms with Crippen LogP contribution in [-0.4, -0.2) is 60.6 Å². The van der Waals surface area contributed by atoms with Crippen LogP contribution in [-0.2, 0) is 6.42 Å². The molecule has 3 aliphatic rings. The fourth-order valence-electron chi connectivity index (χ4n) is 4.42. The highest BCUT2D eigenvalue weighted by atomic mass is 19.1. The van der Waals surface area contributed by atoms with Crippen molar-refractivity contribution >= 4 is 17.2 Å². The first-order chi connectivity index (χ1) is 13.3. The highest BCUT2D eigenvalue weighted by Gasteiger charge is 2.34. The van der Waals surface area contributed by atoms with Gasteiger partial charge in [-0.05, 0) is 51.3 Å². The summed E-state index contributed by atoms with van der Waals surface area (Å²) in [7, 11) is 2.15.